The number of halogens is 2. The Balaban J connectivity index is 1.56. The summed E-state index contributed by atoms with van der Waals surface area (Å²) in [5.74, 6) is 0.427. The van der Waals surface area contributed by atoms with Crippen molar-refractivity contribution in [1.29, 1.82) is 0 Å². The summed E-state index contributed by atoms with van der Waals surface area (Å²) in [5.41, 5.74) is 0.589. The highest BCUT2D eigenvalue weighted by molar-refractivity contribution is 7.91. The molecular formula is C15H22ClFN2O2S+2. The van der Waals surface area contributed by atoms with Gasteiger partial charge in [0.05, 0.1) is 16.3 Å². The van der Waals surface area contributed by atoms with Gasteiger partial charge in [-0.25, -0.2) is 12.8 Å². The van der Waals surface area contributed by atoms with Crippen LogP contribution in [0.15, 0.2) is 18.2 Å². The highest BCUT2D eigenvalue weighted by Crippen LogP contribution is 2.17. The van der Waals surface area contributed by atoms with E-state index >= 15 is 0 Å². The maximum Gasteiger partial charge on any atom is 0.156 e. The Bertz CT molecular complexity index is 625. The minimum absolute atomic E-state index is 0.239. The molecule has 0 radical (unpaired) electrons. The Morgan fingerprint density at radius 1 is 1.23 bits per heavy atom. The van der Waals surface area contributed by atoms with E-state index in [1.807, 2.05) is 0 Å². The maximum absolute atomic E-state index is 13.8. The van der Waals surface area contributed by atoms with E-state index < -0.39 is 9.84 Å². The topological polar surface area (TPSA) is 43.0 Å². The van der Waals surface area contributed by atoms with Crippen molar-refractivity contribution in [3.05, 3.63) is 34.6 Å². The summed E-state index contributed by atoms with van der Waals surface area (Å²) in [6, 6.07) is 5.05. The van der Waals surface area contributed by atoms with Crippen molar-refractivity contribution in [3.8, 4) is 0 Å². The first-order valence-electron chi connectivity index (χ1n) is 7.76. The Labute approximate surface area is 135 Å². The van der Waals surface area contributed by atoms with Crippen molar-refractivity contribution in [2.75, 3.05) is 37.7 Å². The van der Waals surface area contributed by atoms with E-state index in [9.17, 15) is 12.8 Å². The van der Waals surface area contributed by atoms with Crippen LogP contribution in [0.5, 0.6) is 0 Å². The first kappa shape index (κ1) is 16.2. The zero-order valence-electron chi connectivity index (χ0n) is 12.4. The minimum atomic E-state index is -2.81. The highest BCUT2D eigenvalue weighted by Gasteiger charge is 2.37. The van der Waals surface area contributed by atoms with Gasteiger partial charge in [-0.3, -0.25) is 0 Å². The number of rotatable bonds is 3. The van der Waals surface area contributed by atoms with Crippen LogP contribution in [-0.2, 0) is 16.4 Å². The minimum Gasteiger partial charge on any atom is -0.322 e. The molecule has 2 fully saturated rings. The smallest absolute Gasteiger partial charge is 0.156 e. The summed E-state index contributed by atoms with van der Waals surface area (Å²) in [6.45, 7) is 4.35. The third kappa shape index (κ3) is 3.62. The van der Waals surface area contributed by atoms with E-state index in [4.69, 9.17) is 11.6 Å². The van der Waals surface area contributed by atoms with E-state index in [1.165, 1.54) is 15.9 Å². The van der Waals surface area contributed by atoms with Crippen LogP contribution < -0.4 is 9.80 Å². The van der Waals surface area contributed by atoms with Crippen molar-refractivity contribution in [2.45, 2.75) is 19.0 Å². The Morgan fingerprint density at radius 2 is 1.95 bits per heavy atom. The van der Waals surface area contributed by atoms with E-state index in [0.29, 0.717) is 28.6 Å². The molecule has 0 aliphatic carbocycles. The summed E-state index contributed by atoms with van der Waals surface area (Å²) >= 11 is 6.09. The van der Waals surface area contributed by atoms with Crippen molar-refractivity contribution >= 4 is 21.4 Å². The monoisotopic (exact) mass is 348 g/mol. The molecule has 122 valence electrons. The van der Waals surface area contributed by atoms with Gasteiger partial charge in [-0.2, -0.15) is 0 Å². The van der Waals surface area contributed by atoms with Crippen LogP contribution in [0.1, 0.15) is 12.0 Å². The second-order valence-electron chi connectivity index (χ2n) is 6.39. The van der Waals surface area contributed by atoms with E-state index in [-0.39, 0.29) is 11.9 Å². The predicted octanol–water partition coefficient (Wildman–Crippen LogP) is -1.05. The molecule has 2 heterocycles. The zero-order valence-corrected chi connectivity index (χ0v) is 14.0. The van der Waals surface area contributed by atoms with Gasteiger partial charge in [0.25, 0.3) is 0 Å². The number of sulfone groups is 1. The van der Waals surface area contributed by atoms with Gasteiger partial charge in [0.1, 0.15) is 50.3 Å². The van der Waals surface area contributed by atoms with Gasteiger partial charge in [-0.1, -0.05) is 17.7 Å². The van der Waals surface area contributed by atoms with Crippen LogP contribution in [0.3, 0.4) is 0 Å². The summed E-state index contributed by atoms with van der Waals surface area (Å²) in [4.78, 5) is 2.71. The Kier molecular flexibility index (Phi) is 4.73. The molecule has 7 heteroatoms. The van der Waals surface area contributed by atoms with E-state index in [0.717, 1.165) is 32.6 Å². The molecule has 2 N–H and O–H groups in total. The van der Waals surface area contributed by atoms with Crippen molar-refractivity contribution in [3.63, 3.8) is 0 Å². The fraction of sp³-hybridized carbons (Fsp3) is 0.600. The van der Waals surface area contributed by atoms with Gasteiger partial charge in [-0.15, -0.1) is 0 Å². The molecule has 2 aliphatic rings. The Hall–Kier alpha value is -0.690. The number of nitrogens with one attached hydrogen (secondary N) is 2. The van der Waals surface area contributed by atoms with Crippen LogP contribution >= 0.6 is 11.6 Å². The molecule has 1 aromatic carbocycles. The first-order valence-corrected chi connectivity index (χ1v) is 9.96. The highest BCUT2D eigenvalue weighted by atomic mass is 35.5. The third-order valence-electron chi connectivity index (χ3n) is 4.90. The normalized spacial score (nSPS) is 31.3. The van der Waals surface area contributed by atoms with Crippen LogP contribution in [0.25, 0.3) is 0 Å². The van der Waals surface area contributed by atoms with Crippen LogP contribution in [-0.4, -0.2) is 52.1 Å². The van der Waals surface area contributed by atoms with Crippen LogP contribution in [0.2, 0.25) is 5.02 Å². The van der Waals surface area contributed by atoms with Gasteiger partial charge in [0.15, 0.2) is 9.84 Å². The number of hydrogen-bond acceptors (Lipinski definition) is 2. The first-order chi connectivity index (χ1) is 10.4. The van der Waals surface area contributed by atoms with Crippen molar-refractivity contribution in [2.24, 2.45) is 0 Å². The number of quaternary nitrogens is 2. The van der Waals surface area contributed by atoms with Gasteiger partial charge in [0, 0.05) is 6.42 Å². The average Bonchev–Trinajstić information content (AvgIpc) is 2.84. The summed E-state index contributed by atoms with van der Waals surface area (Å²) in [6.07, 6.45) is 0.784. The summed E-state index contributed by atoms with van der Waals surface area (Å²) < 4.78 is 37.0. The number of benzene rings is 1. The third-order valence-corrected chi connectivity index (χ3v) is 7.02. The molecule has 2 saturated heterocycles. The fourth-order valence-electron chi connectivity index (χ4n) is 3.58. The van der Waals surface area contributed by atoms with E-state index in [1.54, 1.807) is 12.1 Å². The molecule has 0 bridgehead atoms. The second kappa shape index (κ2) is 6.43. The zero-order chi connectivity index (χ0) is 15.7. The van der Waals surface area contributed by atoms with Gasteiger partial charge in [0.2, 0.25) is 0 Å². The molecule has 1 aromatic rings. The van der Waals surface area contributed by atoms with Gasteiger partial charge >= 0.3 is 0 Å². The predicted molar refractivity (Wildman–Crippen MR) is 83.6 cm³/mol. The molecule has 4 nitrogen and oxygen atoms in total. The van der Waals surface area contributed by atoms with Gasteiger partial charge < -0.3 is 9.80 Å². The molecule has 22 heavy (non-hydrogen) atoms. The molecular weight excluding hydrogens is 327 g/mol. The maximum atomic E-state index is 13.8. The number of hydrogen-bond donors (Lipinski definition) is 2. The largest absolute Gasteiger partial charge is 0.322 e. The molecule has 2 aliphatic heterocycles. The molecule has 1 atom stereocenters. The average molecular weight is 349 g/mol. The lowest BCUT2D eigenvalue weighted by Gasteiger charge is -2.32. The van der Waals surface area contributed by atoms with Gasteiger partial charge in [-0.05, 0) is 12.1 Å². The van der Waals surface area contributed by atoms with Crippen molar-refractivity contribution in [1.82, 2.24) is 0 Å². The summed E-state index contributed by atoms with van der Waals surface area (Å²) in [5, 5.41) is 0.490. The quantitative estimate of drug-likeness (QED) is 0.732. The molecule has 3 rings (SSSR count). The molecule has 0 saturated carbocycles. The molecule has 0 unspecified atom stereocenters. The number of piperazine rings is 1. The Morgan fingerprint density at radius 3 is 2.55 bits per heavy atom. The standard InChI is InChI=1S/C15H20ClFN2O2S/c16-14-2-1-3-15(17)13(14)10-18-5-7-19(8-6-18)12-4-9-22(20,21)11-12/h1-3,12H,4-11H2/p+2/t12-/m0/s1. The molecule has 0 aromatic heterocycles. The second-order valence-corrected chi connectivity index (χ2v) is 9.02. The van der Waals surface area contributed by atoms with E-state index in [2.05, 4.69) is 0 Å². The lowest BCUT2D eigenvalue weighted by Crippen LogP contribution is -3.29. The summed E-state index contributed by atoms with van der Waals surface area (Å²) in [7, 11) is -2.81. The lowest BCUT2D eigenvalue weighted by atomic mass is 10.1. The SMILES string of the molecule is O=S1(=O)CC[C@H]([NH+]2CC[NH+](Cc3c(F)cccc3Cl)CC2)C1. The lowest BCUT2D eigenvalue weighted by molar-refractivity contribution is -1.03. The van der Waals surface area contributed by atoms with Crippen LogP contribution in [0.4, 0.5) is 4.39 Å². The van der Waals surface area contributed by atoms with Crippen molar-refractivity contribution < 1.29 is 22.6 Å². The van der Waals surface area contributed by atoms with Crippen LogP contribution in [0, 0.1) is 5.82 Å². The fourth-order valence-corrected chi connectivity index (χ4v) is 5.63. The molecule has 0 spiro atoms. The molecule has 0 amide bonds.